The minimum absolute atomic E-state index is 0.0278. The molecule has 0 unspecified atom stereocenters. The summed E-state index contributed by atoms with van der Waals surface area (Å²) in [7, 11) is 0. The van der Waals surface area contributed by atoms with Crippen LogP contribution in [0.3, 0.4) is 0 Å². The van der Waals surface area contributed by atoms with Gasteiger partial charge in [0.15, 0.2) is 0 Å². The van der Waals surface area contributed by atoms with Gasteiger partial charge in [-0.25, -0.2) is 0 Å². The van der Waals surface area contributed by atoms with Crippen molar-refractivity contribution in [3.63, 3.8) is 0 Å². The lowest BCUT2D eigenvalue weighted by Crippen LogP contribution is -2.24. The first kappa shape index (κ1) is 15.2. The highest BCUT2D eigenvalue weighted by Crippen LogP contribution is 1.95. The quantitative estimate of drug-likeness (QED) is 0.258. The average molecular weight is 198 g/mol. The van der Waals surface area contributed by atoms with Gasteiger partial charge in [-0.1, -0.05) is 6.92 Å². The maximum absolute atomic E-state index is 8.09. The fourth-order valence-corrected chi connectivity index (χ4v) is 0.231. The maximum Gasteiger partial charge on any atom is 0.274 e. The van der Waals surface area contributed by atoms with Crippen molar-refractivity contribution in [1.82, 2.24) is 0 Å². The summed E-state index contributed by atoms with van der Waals surface area (Å²) in [6, 6.07) is 0. The third kappa shape index (κ3) is 24.5. The predicted molar refractivity (Wildman–Crippen MR) is 44.7 cm³/mol. The summed E-state index contributed by atoms with van der Waals surface area (Å²) in [6.07, 6.45) is -0.0625. The summed E-state index contributed by atoms with van der Waals surface area (Å²) in [6.45, 7) is 2.15. The standard InChI is InChI=1S/C4H10O3.C3H8O3/c5-1-3-7-4-2-6;1-2-3(4,5)6/h5-6H,1-4H2;4-6H,2H2,1H3. The van der Waals surface area contributed by atoms with Crippen molar-refractivity contribution in [2.24, 2.45) is 0 Å². The van der Waals surface area contributed by atoms with Gasteiger partial charge < -0.3 is 30.3 Å². The molecule has 0 saturated carbocycles. The van der Waals surface area contributed by atoms with Crippen LogP contribution in [0, 0.1) is 0 Å². The van der Waals surface area contributed by atoms with Crippen molar-refractivity contribution in [3.8, 4) is 0 Å². The zero-order chi connectivity index (χ0) is 10.7. The van der Waals surface area contributed by atoms with Crippen molar-refractivity contribution in [2.75, 3.05) is 26.4 Å². The molecule has 0 aliphatic rings. The van der Waals surface area contributed by atoms with E-state index in [0.717, 1.165) is 0 Å². The molecule has 0 aliphatic carbocycles. The number of hydrogen-bond acceptors (Lipinski definition) is 6. The second kappa shape index (κ2) is 9.85. The van der Waals surface area contributed by atoms with Gasteiger partial charge in [-0.05, 0) is 0 Å². The Kier molecular flexibility index (Phi) is 11.5. The number of aliphatic hydroxyl groups excluding tert-OH is 2. The van der Waals surface area contributed by atoms with Crippen LogP contribution in [-0.4, -0.2) is 57.9 Å². The molecule has 0 amide bonds. The maximum atomic E-state index is 8.09. The zero-order valence-electron chi connectivity index (χ0n) is 7.68. The summed E-state index contributed by atoms with van der Waals surface area (Å²) in [4.78, 5) is 0. The van der Waals surface area contributed by atoms with Gasteiger partial charge in [0.25, 0.3) is 5.97 Å². The second-order valence-corrected chi connectivity index (χ2v) is 2.19. The molecule has 0 aromatic carbocycles. The molecule has 0 fully saturated rings. The monoisotopic (exact) mass is 198 g/mol. The number of rotatable bonds is 5. The summed E-state index contributed by atoms with van der Waals surface area (Å²) in [5.74, 6) is -2.46. The Balaban J connectivity index is 0. The molecule has 0 aromatic rings. The van der Waals surface area contributed by atoms with Crippen LogP contribution in [0.15, 0.2) is 0 Å². The van der Waals surface area contributed by atoms with Crippen LogP contribution < -0.4 is 0 Å². The predicted octanol–water partition coefficient (Wildman–Crippen LogP) is -1.99. The fourth-order valence-electron chi connectivity index (χ4n) is 0.231. The van der Waals surface area contributed by atoms with E-state index in [1.165, 1.54) is 6.92 Å². The molecule has 5 N–H and O–H groups in total. The van der Waals surface area contributed by atoms with E-state index >= 15 is 0 Å². The molecule has 0 radical (unpaired) electrons. The number of hydrogen-bond donors (Lipinski definition) is 5. The Morgan fingerprint density at radius 2 is 1.31 bits per heavy atom. The first-order chi connectivity index (χ1) is 5.97. The Morgan fingerprint density at radius 1 is 1.00 bits per heavy atom. The van der Waals surface area contributed by atoms with Gasteiger partial charge >= 0.3 is 0 Å². The SMILES string of the molecule is CCC(O)(O)O.OCCOCCO. The van der Waals surface area contributed by atoms with Gasteiger partial charge in [0.2, 0.25) is 0 Å². The van der Waals surface area contributed by atoms with Gasteiger partial charge in [-0.2, -0.15) is 0 Å². The van der Waals surface area contributed by atoms with Gasteiger partial charge in [-0.3, -0.25) is 0 Å². The Labute approximate surface area is 77.0 Å². The highest BCUT2D eigenvalue weighted by molar-refractivity contribution is 4.35. The molecule has 6 heteroatoms. The lowest BCUT2D eigenvalue weighted by molar-refractivity contribution is -0.312. The van der Waals surface area contributed by atoms with Gasteiger partial charge in [0.1, 0.15) is 0 Å². The first-order valence-corrected chi connectivity index (χ1v) is 3.94. The van der Waals surface area contributed by atoms with Crippen molar-refractivity contribution in [3.05, 3.63) is 0 Å². The molecule has 0 saturated heterocycles. The van der Waals surface area contributed by atoms with E-state index in [1.807, 2.05) is 0 Å². The lowest BCUT2D eigenvalue weighted by atomic mass is 10.4. The summed E-state index contributed by atoms with van der Waals surface area (Å²) in [5, 5.41) is 40.0. The highest BCUT2D eigenvalue weighted by Gasteiger charge is 2.11. The van der Waals surface area contributed by atoms with E-state index in [4.69, 9.17) is 25.5 Å². The van der Waals surface area contributed by atoms with Crippen LogP contribution in [-0.2, 0) is 4.74 Å². The van der Waals surface area contributed by atoms with Crippen LogP contribution in [0.4, 0.5) is 0 Å². The number of aliphatic hydroxyl groups is 5. The molecule has 0 spiro atoms. The fraction of sp³-hybridized carbons (Fsp3) is 1.00. The summed E-state index contributed by atoms with van der Waals surface area (Å²) in [5.41, 5.74) is 0. The largest absolute Gasteiger partial charge is 0.394 e. The molecule has 0 aliphatic heterocycles. The topological polar surface area (TPSA) is 110 Å². The molecule has 82 valence electrons. The van der Waals surface area contributed by atoms with E-state index in [1.54, 1.807) is 0 Å². The van der Waals surface area contributed by atoms with Crippen molar-refractivity contribution < 1.29 is 30.3 Å². The van der Waals surface area contributed by atoms with Crippen molar-refractivity contribution in [2.45, 2.75) is 19.3 Å². The van der Waals surface area contributed by atoms with Crippen molar-refractivity contribution in [1.29, 1.82) is 0 Å². The third-order valence-electron chi connectivity index (χ3n) is 0.946. The molecule has 0 heterocycles. The van der Waals surface area contributed by atoms with E-state index in [9.17, 15) is 0 Å². The van der Waals surface area contributed by atoms with E-state index in [2.05, 4.69) is 4.74 Å². The second-order valence-electron chi connectivity index (χ2n) is 2.19. The van der Waals surface area contributed by atoms with E-state index in [-0.39, 0.29) is 19.6 Å². The van der Waals surface area contributed by atoms with Gasteiger partial charge in [0, 0.05) is 6.42 Å². The van der Waals surface area contributed by atoms with Gasteiger partial charge in [-0.15, -0.1) is 0 Å². The molecule has 0 bridgehead atoms. The summed E-state index contributed by atoms with van der Waals surface area (Å²) < 4.78 is 4.63. The smallest absolute Gasteiger partial charge is 0.274 e. The van der Waals surface area contributed by atoms with Gasteiger partial charge in [0.05, 0.1) is 26.4 Å². The van der Waals surface area contributed by atoms with E-state index in [0.29, 0.717) is 13.2 Å². The van der Waals surface area contributed by atoms with E-state index < -0.39 is 5.97 Å². The zero-order valence-corrected chi connectivity index (χ0v) is 7.68. The molecular weight excluding hydrogens is 180 g/mol. The number of ether oxygens (including phenoxy) is 1. The molecular formula is C7H18O6. The first-order valence-electron chi connectivity index (χ1n) is 3.94. The Bertz CT molecular complexity index is 85.5. The average Bonchev–Trinajstić information content (AvgIpc) is 2.06. The molecule has 0 atom stereocenters. The van der Waals surface area contributed by atoms with Crippen LogP contribution >= 0.6 is 0 Å². The molecule has 6 nitrogen and oxygen atoms in total. The summed E-state index contributed by atoms with van der Waals surface area (Å²) >= 11 is 0. The van der Waals surface area contributed by atoms with Crippen LogP contribution in [0.25, 0.3) is 0 Å². The van der Waals surface area contributed by atoms with Crippen LogP contribution in [0.2, 0.25) is 0 Å². The molecule has 13 heavy (non-hydrogen) atoms. The lowest BCUT2D eigenvalue weighted by Gasteiger charge is -2.08. The molecule has 0 aromatic heterocycles. The van der Waals surface area contributed by atoms with Crippen molar-refractivity contribution >= 4 is 0 Å². The highest BCUT2D eigenvalue weighted by atomic mass is 16.7. The normalized spacial score (nSPS) is 10.6. The minimum atomic E-state index is -2.46. The van der Waals surface area contributed by atoms with Crippen LogP contribution in [0.5, 0.6) is 0 Å². The Hall–Kier alpha value is -0.240. The third-order valence-corrected chi connectivity index (χ3v) is 0.946. The Morgan fingerprint density at radius 3 is 1.46 bits per heavy atom. The minimum Gasteiger partial charge on any atom is -0.394 e. The van der Waals surface area contributed by atoms with Crippen LogP contribution in [0.1, 0.15) is 13.3 Å². The molecule has 0 rings (SSSR count).